The molecule has 2 aromatic carbocycles. The lowest BCUT2D eigenvalue weighted by Crippen LogP contribution is -2.35. The Hall–Kier alpha value is -4.15. The van der Waals surface area contributed by atoms with E-state index >= 15 is 0 Å². The van der Waals surface area contributed by atoms with Gasteiger partial charge in [-0.15, -0.1) is 19.8 Å². The van der Waals surface area contributed by atoms with Crippen molar-refractivity contribution in [2.24, 2.45) is 0 Å². The number of carbonyl (C=O) groups is 4. The molecule has 0 aromatic heterocycles. The maximum atomic E-state index is 12.7. The van der Waals surface area contributed by atoms with Gasteiger partial charge in [0, 0.05) is 24.8 Å². The smallest absolute Gasteiger partial charge is 0.406 e. The summed E-state index contributed by atoms with van der Waals surface area (Å²) in [5, 5.41) is 2.46. The van der Waals surface area contributed by atoms with Gasteiger partial charge in [-0.05, 0) is 42.5 Å². The van der Waals surface area contributed by atoms with E-state index in [0.717, 1.165) is 21.9 Å². The average Bonchev–Trinajstić information content (AvgIpc) is 2.98. The number of rotatable bonds is 7. The number of ether oxygens (including phenoxy) is 1. The van der Waals surface area contributed by atoms with Gasteiger partial charge in [0.1, 0.15) is 5.75 Å². The first kappa shape index (κ1) is 23.5. The topological polar surface area (TPSA) is 96.0 Å². The summed E-state index contributed by atoms with van der Waals surface area (Å²) < 4.78 is 40.4. The normalized spacial score (nSPS) is 12.9. The maximum Gasteiger partial charge on any atom is 0.573 e. The number of nitrogens with one attached hydrogen (secondary N) is 1. The summed E-state index contributed by atoms with van der Waals surface area (Å²) in [5.41, 5.74) is 0.585. The van der Waals surface area contributed by atoms with Gasteiger partial charge in [-0.2, -0.15) is 0 Å². The van der Waals surface area contributed by atoms with E-state index in [9.17, 15) is 32.3 Å². The highest BCUT2D eigenvalue weighted by Gasteiger charge is 2.35. The minimum Gasteiger partial charge on any atom is -0.406 e. The van der Waals surface area contributed by atoms with Gasteiger partial charge in [0.2, 0.25) is 5.91 Å². The fourth-order valence-corrected chi connectivity index (χ4v) is 3.17. The van der Waals surface area contributed by atoms with Crippen molar-refractivity contribution in [3.8, 4) is 5.75 Å². The molecule has 0 saturated carbocycles. The molecule has 0 aliphatic carbocycles. The van der Waals surface area contributed by atoms with Crippen molar-refractivity contribution in [3.63, 3.8) is 0 Å². The minimum absolute atomic E-state index is 0.0407. The summed E-state index contributed by atoms with van der Waals surface area (Å²) in [4.78, 5) is 51.7. The molecule has 11 heteroatoms. The predicted molar refractivity (Wildman–Crippen MR) is 111 cm³/mol. The van der Waals surface area contributed by atoms with Crippen LogP contribution in [0.5, 0.6) is 5.75 Å². The van der Waals surface area contributed by atoms with Crippen molar-refractivity contribution in [1.82, 2.24) is 9.80 Å². The molecule has 1 heterocycles. The Bertz CT molecular complexity index is 1130. The summed E-state index contributed by atoms with van der Waals surface area (Å²) in [7, 11) is 1.37. The highest BCUT2D eigenvalue weighted by Crippen LogP contribution is 2.25. The zero-order valence-corrected chi connectivity index (χ0v) is 17.3. The molecular formula is C22H18F3N3O5. The summed E-state index contributed by atoms with van der Waals surface area (Å²) in [6.45, 7) is 3.18. The molecule has 1 aliphatic heterocycles. The SMILES string of the molecule is C=CCN1C(=O)c2ccc(C(=O)N(C)CC(=O)Nc3ccc(OC(F)(F)F)cc3)cc2C1=O. The molecular weight excluding hydrogens is 443 g/mol. The van der Waals surface area contributed by atoms with Crippen molar-refractivity contribution < 1.29 is 37.1 Å². The van der Waals surface area contributed by atoms with E-state index < -0.39 is 35.7 Å². The van der Waals surface area contributed by atoms with Gasteiger partial charge >= 0.3 is 6.36 Å². The first-order valence-electron chi connectivity index (χ1n) is 9.52. The molecule has 0 fully saturated rings. The number of anilines is 1. The largest absolute Gasteiger partial charge is 0.573 e. The van der Waals surface area contributed by atoms with Crippen molar-refractivity contribution in [1.29, 1.82) is 0 Å². The fraction of sp³-hybridized carbons (Fsp3) is 0.182. The minimum atomic E-state index is -4.83. The van der Waals surface area contributed by atoms with Gasteiger partial charge in [0.25, 0.3) is 17.7 Å². The van der Waals surface area contributed by atoms with Crippen LogP contribution in [0.25, 0.3) is 0 Å². The van der Waals surface area contributed by atoms with Gasteiger partial charge in [0.15, 0.2) is 0 Å². The quantitative estimate of drug-likeness (QED) is 0.505. The molecule has 4 amide bonds. The molecule has 3 rings (SSSR count). The number of halogens is 3. The lowest BCUT2D eigenvalue weighted by atomic mass is 10.0. The number of likely N-dealkylation sites (N-methyl/N-ethyl adjacent to an activating group) is 1. The molecule has 0 spiro atoms. The monoisotopic (exact) mass is 461 g/mol. The van der Waals surface area contributed by atoms with E-state index in [1.54, 1.807) is 0 Å². The van der Waals surface area contributed by atoms with Crippen molar-refractivity contribution in [3.05, 3.63) is 71.8 Å². The van der Waals surface area contributed by atoms with Crippen molar-refractivity contribution in [2.75, 3.05) is 25.5 Å². The summed E-state index contributed by atoms with van der Waals surface area (Å²) >= 11 is 0. The third-order valence-electron chi connectivity index (χ3n) is 4.63. The fourth-order valence-electron chi connectivity index (χ4n) is 3.17. The van der Waals surface area contributed by atoms with Gasteiger partial charge in [0.05, 0.1) is 17.7 Å². The van der Waals surface area contributed by atoms with Crippen LogP contribution in [0.4, 0.5) is 18.9 Å². The molecule has 33 heavy (non-hydrogen) atoms. The van der Waals surface area contributed by atoms with Crippen LogP contribution in [0.3, 0.4) is 0 Å². The van der Waals surface area contributed by atoms with Crippen molar-refractivity contribution >= 4 is 29.3 Å². The highest BCUT2D eigenvalue weighted by atomic mass is 19.4. The second kappa shape index (κ2) is 9.15. The first-order chi connectivity index (χ1) is 15.5. The van der Waals surface area contributed by atoms with Crippen LogP contribution < -0.4 is 10.1 Å². The Morgan fingerprint density at radius 1 is 1.09 bits per heavy atom. The highest BCUT2D eigenvalue weighted by molar-refractivity contribution is 6.22. The number of hydrogen-bond acceptors (Lipinski definition) is 5. The standard InChI is InChI=1S/C22H18F3N3O5/c1-3-10-28-20(31)16-9-4-13(11-17(16)21(28)32)19(30)27(2)12-18(29)26-14-5-7-15(8-6-14)33-22(23,24)25/h3-9,11H,1,10,12H2,2H3,(H,26,29). The number of nitrogens with zero attached hydrogens (tertiary/aromatic N) is 2. The Labute approximate surface area is 186 Å². The molecule has 8 nitrogen and oxygen atoms in total. The lowest BCUT2D eigenvalue weighted by molar-refractivity contribution is -0.274. The molecule has 1 N–H and O–H groups in total. The number of alkyl halides is 3. The first-order valence-corrected chi connectivity index (χ1v) is 9.52. The number of carbonyl (C=O) groups excluding carboxylic acids is 4. The van der Waals surface area contributed by atoms with Crippen LogP contribution in [0.1, 0.15) is 31.1 Å². The van der Waals surface area contributed by atoms with E-state index in [1.165, 1.54) is 43.5 Å². The maximum absolute atomic E-state index is 12.7. The van der Waals surface area contributed by atoms with Crippen LogP contribution in [0.2, 0.25) is 0 Å². The third-order valence-corrected chi connectivity index (χ3v) is 4.63. The molecule has 2 aromatic rings. The Morgan fingerprint density at radius 2 is 1.73 bits per heavy atom. The van der Waals surface area contributed by atoms with E-state index in [2.05, 4.69) is 16.6 Å². The van der Waals surface area contributed by atoms with Gasteiger partial charge in [-0.1, -0.05) is 6.08 Å². The van der Waals surface area contributed by atoms with E-state index in [1.807, 2.05) is 0 Å². The molecule has 172 valence electrons. The number of imide groups is 1. The summed E-state index contributed by atoms with van der Waals surface area (Å²) in [6.07, 6.45) is -3.41. The van der Waals surface area contributed by atoms with Crippen LogP contribution in [-0.2, 0) is 4.79 Å². The van der Waals surface area contributed by atoms with Crippen LogP contribution >= 0.6 is 0 Å². The van der Waals surface area contributed by atoms with Gasteiger partial charge < -0.3 is 15.0 Å². The van der Waals surface area contributed by atoms with E-state index in [4.69, 9.17) is 0 Å². The molecule has 1 aliphatic rings. The Morgan fingerprint density at radius 3 is 2.33 bits per heavy atom. The number of amides is 4. The zero-order valence-electron chi connectivity index (χ0n) is 17.3. The number of fused-ring (bicyclic) bond motifs is 1. The second-order valence-corrected chi connectivity index (χ2v) is 7.05. The van der Waals surface area contributed by atoms with Crippen LogP contribution in [0, 0.1) is 0 Å². The van der Waals surface area contributed by atoms with E-state index in [-0.39, 0.29) is 35.5 Å². The number of hydrogen-bond donors (Lipinski definition) is 1. The molecule has 0 unspecified atom stereocenters. The summed E-state index contributed by atoms with van der Waals surface area (Å²) in [6, 6.07) is 8.58. The zero-order chi connectivity index (χ0) is 24.3. The number of benzene rings is 2. The third kappa shape index (κ3) is 5.37. The van der Waals surface area contributed by atoms with Crippen LogP contribution in [-0.4, -0.2) is 59.9 Å². The Kier molecular flexibility index (Phi) is 6.52. The predicted octanol–water partition coefficient (Wildman–Crippen LogP) is 3.08. The molecule has 0 radical (unpaired) electrons. The Balaban J connectivity index is 1.63. The van der Waals surface area contributed by atoms with Gasteiger partial charge in [-0.3, -0.25) is 24.1 Å². The van der Waals surface area contributed by atoms with Crippen molar-refractivity contribution in [2.45, 2.75) is 6.36 Å². The second-order valence-electron chi connectivity index (χ2n) is 7.05. The van der Waals surface area contributed by atoms with Crippen LogP contribution in [0.15, 0.2) is 55.1 Å². The molecule has 0 atom stereocenters. The molecule has 0 saturated heterocycles. The lowest BCUT2D eigenvalue weighted by Gasteiger charge is -2.17. The summed E-state index contributed by atoms with van der Waals surface area (Å²) in [5.74, 6) is -2.62. The molecule has 0 bridgehead atoms. The average molecular weight is 461 g/mol. The van der Waals surface area contributed by atoms with E-state index in [0.29, 0.717) is 0 Å². The van der Waals surface area contributed by atoms with Gasteiger partial charge in [-0.25, -0.2) is 0 Å².